The summed E-state index contributed by atoms with van der Waals surface area (Å²) >= 11 is 0. The van der Waals surface area contributed by atoms with Crippen molar-refractivity contribution in [3.63, 3.8) is 0 Å². The number of hydrogen-bond acceptors (Lipinski definition) is 3. The van der Waals surface area contributed by atoms with Gasteiger partial charge in [-0.15, -0.1) is 0 Å². The van der Waals surface area contributed by atoms with Crippen LogP contribution in [0.15, 0.2) is 30.3 Å². The van der Waals surface area contributed by atoms with E-state index in [4.69, 9.17) is 9.47 Å². The fourth-order valence-electron chi connectivity index (χ4n) is 1.60. The van der Waals surface area contributed by atoms with Gasteiger partial charge < -0.3 is 9.47 Å². The van der Waals surface area contributed by atoms with Gasteiger partial charge in [-0.25, -0.2) is 0 Å². The van der Waals surface area contributed by atoms with Crippen LogP contribution in [0.5, 0.6) is 0 Å². The van der Waals surface area contributed by atoms with E-state index >= 15 is 0 Å². The largest absolute Gasteiger partial charge is 0.340 e. The molecular weight excluding hydrogens is 216 g/mol. The van der Waals surface area contributed by atoms with Crippen LogP contribution in [0.2, 0.25) is 0 Å². The van der Waals surface area contributed by atoms with Crippen molar-refractivity contribution in [3.8, 4) is 0 Å². The standard InChI is InChI=1S/C14H20O3/c1-3-5-11-17-14(12-15,16-4-2)13-9-7-6-8-10-13/h6-10,12H,3-5,11H2,1-2H3. The van der Waals surface area contributed by atoms with Crippen molar-refractivity contribution in [3.05, 3.63) is 35.9 Å². The van der Waals surface area contributed by atoms with Crippen LogP contribution >= 0.6 is 0 Å². The van der Waals surface area contributed by atoms with E-state index in [1.807, 2.05) is 37.3 Å². The molecule has 17 heavy (non-hydrogen) atoms. The average molecular weight is 236 g/mol. The molecule has 1 aromatic rings. The van der Waals surface area contributed by atoms with Gasteiger partial charge in [0.05, 0.1) is 6.61 Å². The molecule has 1 unspecified atom stereocenters. The normalized spacial score (nSPS) is 14.2. The SMILES string of the molecule is CCCCOC(C=O)(OCC)c1ccccc1. The molecule has 0 aromatic heterocycles. The Bertz CT molecular complexity index is 323. The van der Waals surface area contributed by atoms with Gasteiger partial charge in [-0.05, 0) is 13.3 Å². The molecule has 1 atom stereocenters. The quantitative estimate of drug-likeness (QED) is 0.395. The summed E-state index contributed by atoms with van der Waals surface area (Å²) in [5, 5.41) is 0. The Morgan fingerprint density at radius 3 is 2.41 bits per heavy atom. The zero-order chi connectivity index (χ0) is 12.6. The molecule has 0 amide bonds. The predicted octanol–water partition coefficient (Wildman–Crippen LogP) is 2.89. The summed E-state index contributed by atoms with van der Waals surface area (Å²) in [7, 11) is 0. The molecule has 1 rings (SSSR count). The van der Waals surface area contributed by atoms with Crippen molar-refractivity contribution >= 4 is 6.29 Å². The van der Waals surface area contributed by atoms with E-state index in [9.17, 15) is 4.79 Å². The van der Waals surface area contributed by atoms with Crippen LogP contribution < -0.4 is 0 Å². The van der Waals surface area contributed by atoms with E-state index in [1.54, 1.807) is 0 Å². The van der Waals surface area contributed by atoms with Gasteiger partial charge in [-0.2, -0.15) is 0 Å². The lowest BCUT2D eigenvalue weighted by Crippen LogP contribution is -2.35. The summed E-state index contributed by atoms with van der Waals surface area (Å²) < 4.78 is 11.2. The van der Waals surface area contributed by atoms with Crippen LogP contribution in [0, 0.1) is 0 Å². The maximum atomic E-state index is 11.4. The lowest BCUT2D eigenvalue weighted by atomic mass is 10.1. The number of carbonyl (C=O) groups excluding carboxylic acids is 1. The molecule has 0 spiro atoms. The maximum absolute atomic E-state index is 11.4. The second-order valence-electron chi connectivity index (χ2n) is 3.79. The topological polar surface area (TPSA) is 35.5 Å². The zero-order valence-electron chi connectivity index (χ0n) is 10.5. The van der Waals surface area contributed by atoms with Gasteiger partial charge in [0.1, 0.15) is 0 Å². The molecule has 0 heterocycles. The van der Waals surface area contributed by atoms with Gasteiger partial charge in [-0.1, -0.05) is 43.7 Å². The average Bonchev–Trinajstić information content (AvgIpc) is 2.39. The van der Waals surface area contributed by atoms with Gasteiger partial charge in [-0.3, -0.25) is 4.79 Å². The number of ether oxygens (including phenoxy) is 2. The van der Waals surface area contributed by atoms with E-state index in [0.29, 0.717) is 13.2 Å². The minimum atomic E-state index is -1.24. The highest BCUT2D eigenvalue weighted by Gasteiger charge is 2.33. The minimum absolute atomic E-state index is 0.430. The maximum Gasteiger partial charge on any atom is 0.253 e. The van der Waals surface area contributed by atoms with E-state index in [1.165, 1.54) is 0 Å². The highest BCUT2D eigenvalue weighted by Crippen LogP contribution is 2.25. The Labute approximate surface area is 103 Å². The van der Waals surface area contributed by atoms with Crippen LogP contribution in [0.4, 0.5) is 0 Å². The molecule has 0 aliphatic rings. The van der Waals surface area contributed by atoms with E-state index in [-0.39, 0.29) is 0 Å². The Hall–Kier alpha value is -1.19. The molecule has 0 fully saturated rings. The number of aldehydes is 1. The van der Waals surface area contributed by atoms with Gasteiger partial charge in [0.2, 0.25) is 0 Å². The molecule has 0 aliphatic carbocycles. The molecule has 94 valence electrons. The number of rotatable bonds is 8. The Morgan fingerprint density at radius 2 is 1.88 bits per heavy atom. The lowest BCUT2D eigenvalue weighted by molar-refractivity contribution is -0.224. The highest BCUT2D eigenvalue weighted by molar-refractivity contribution is 5.63. The lowest BCUT2D eigenvalue weighted by Gasteiger charge is -2.28. The van der Waals surface area contributed by atoms with Crippen molar-refractivity contribution in [1.82, 2.24) is 0 Å². The van der Waals surface area contributed by atoms with Crippen molar-refractivity contribution in [1.29, 1.82) is 0 Å². The first-order valence-corrected chi connectivity index (χ1v) is 6.08. The van der Waals surface area contributed by atoms with Crippen molar-refractivity contribution in [2.45, 2.75) is 32.5 Å². The molecule has 0 saturated carbocycles. The van der Waals surface area contributed by atoms with E-state index < -0.39 is 5.79 Å². The summed E-state index contributed by atoms with van der Waals surface area (Å²) in [5.74, 6) is -1.24. The molecular formula is C14H20O3. The first kappa shape index (κ1) is 13.9. The van der Waals surface area contributed by atoms with Crippen molar-refractivity contribution < 1.29 is 14.3 Å². The van der Waals surface area contributed by atoms with Gasteiger partial charge in [0.25, 0.3) is 5.79 Å². The number of unbranched alkanes of at least 4 members (excludes halogenated alkanes) is 1. The summed E-state index contributed by atoms with van der Waals surface area (Å²) in [6, 6.07) is 9.33. The van der Waals surface area contributed by atoms with Gasteiger partial charge >= 0.3 is 0 Å². The molecule has 0 bridgehead atoms. The number of benzene rings is 1. The van der Waals surface area contributed by atoms with E-state index in [0.717, 1.165) is 24.7 Å². The number of hydrogen-bond donors (Lipinski definition) is 0. The van der Waals surface area contributed by atoms with Crippen LogP contribution in [0.3, 0.4) is 0 Å². The molecule has 0 aliphatic heterocycles. The van der Waals surface area contributed by atoms with Crippen LogP contribution in [0.1, 0.15) is 32.3 Å². The van der Waals surface area contributed by atoms with Gasteiger partial charge in [0, 0.05) is 12.2 Å². The smallest absolute Gasteiger partial charge is 0.253 e. The molecule has 0 saturated heterocycles. The molecule has 0 N–H and O–H groups in total. The monoisotopic (exact) mass is 236 g/mol. The van der Waals surface area contributed by atoms with Crippen molar-refractivity contribution in [2.75, 3.05) is 13.2 Å². The number of carbonyl (C=O) groups is 1. The minimum Gasteiger partial charge on any atom is -0.340 e. The fraction of sp³-hybridized carbons (Fsp3) is 0.500. The Morgan fingerprint density at radius 1 is 1.18 bits per heavy atom. The van der Waals surface area contributed by atoms with E-state index in [2.05, 4.69) is 6.92 Å². The third-order valence-corrected chi connectivity index (χ3v) is 2.50. The molecule has 1 aromatic carbocycles. The first-order valence-electron chi connectivity index (χ1n) is 6.08. The van der Waals surface area contributed by atoms with Crippen LogP contribution in [-0.4, -0.2) is 19.5 Å². The third-order valence-electron chi connectivity index (χ3n) is 2.50. The second-order valence-corrected chi connectivity index (χ2v) is 3.79. The summed E-state index contributed by atoms with van der Waals surface area (Å²) in [6.07, 6.45) is 2.67. The Kier molecular flexibility index (Phi) is 5.87. The fourth-order valence-corrected chi connectivity index (χ4v) is 1.60. The molecule has 0 radical (unpaired) electrons. The molecule has 3 heteroatoms. The zero-order valence-corrected chi connectivity index (χ0v) is 10.5. The summed E-state index contributed by atoms with van der Waals surface area (Å²) in [6.45, 7) is 4.88. The second kappa shape index (κ2) is 7.20. The Balaban J connectivity index is 2.87. The third kappa shape index (κ3) is 3.65. The molecule has 3 nitrogen and oxygen atoms in total. The summed E-state index contributed by atoms with van der Waals surface area (Å²) in [4.78, 5) is 11.4. The van der Waals surface area contributed by atoms with Crippen molar-refractivity contribution in [2.24, 2.45) is 0 Å². The summed E-state index contributed by atoms with van der Waals surface area (Å²) in [5.41, 5.74) is 0.743. The predicted molar refractivity (Wildman–Crippen MR) is 66.7 cm³/mol. The van der Waals surface area contributed by atoms with Gasteiger partial charge in [0.15, 0.2) is 6.29 Å². The first-order chi connectivity index (χ1) is 8.29. The van der Waals surface area contributed by atoms with Crippen LogP contribution in [-0.2, 0) is 20.1 Å². The van der Waals surface area contributed by atoms with Crippen LogP contribution in [0.25, 0.3) is 0 Å². The highest BCUT2D eigenvalue weighted by atomic mass is 16.7.